The van der Waals surface area contributed by atoms with Crippen LogP contribution >= 0.6 is 0 Å². The van der Waals surface area contributed by atoms with E-state index < -0.39 is 0 Å². The molecule has 0 spiro atoms. The third-order valence-electron chi connectivity index (χ3n) is 2.26. The van der Waals surface area contributed by atoms with E-state index >= 15 is 0 Å². The highest BCUT2D eigenvalue weighted by Gasteiger charge is 2.10. The van der Waals surface area contributed by atoms with Crippen LogP contribution in [-0.2, 0) is 6.54 Å². The number of aromatic nitrogens is 4. The first-order valence-electron chi connectivity index (χ1n) is 5.15. The third kappa shape index (κ3) is 1.83. The predicted octanol–water partition coefficient (Wildman–Crippen LogP) is 0.536. The summed E-state index contributed by atoms with van der Waals surface area (Å²) in [7, 11) is 5.88. The Morgan fingerprint density at radius 3 is 2.75 bits per heavy atom. The molecule has 2 heterocycles. The molecule has 0 saturated heterocycles. The molecule has 0 bridgehead atoms. The lowest BCUT2D eigenvalue weighted by molar-refractivity contribution is 0.403. The Morgan fingerprint density at radius 1 is 1.38 bits per heavy atom. The molecular weight excluding hydrogens is 204 g/mol. The molecule has 2 aromatic rings. The molecule has 0 aromatic carbocycles. The maximum Gasteiger partial charge on any atom is 0.227 e. The zero-order valence-electron chi connectivity index (χ0n) is 10.0. The third-order valence-corrected chi connectivity index (χ3v) is 2.26. The smallest absolute Gasteiger partial charge is 0.227 e. The van der Waals surface area contributed by atoms with Gasteiger partial charge in [-0.3, -0.25) is 0 Å². The van der Waals surface area contributed by atoms with Gasteiger partial charge in [0, 0.05) is 19.2 Å². The molecule has 0 saturated carbocycles. The van der Waals surface area contributed by atoms with Crippen LogP contribution < -0.4 is 5.32 Å². The Balaban J connectivity index is 2.58. The quantitative estimate of drug-likeness (QED) is 0.818. The van der Waals surface area contributed by atoms with Crippen LogP contribution in [0.1, 0.15) is 11.4 Å². The van der Waals surface area contributed by atoms with Gasteiger partial charge >= 0.3 is 0 Å². The Kier molecular flexibility index (Phi) is 2.74. The van der Waals surface area contributed by atoms with Gasteiger partial charge < -0.3 is 10.2 Å². The van der Waals surface area contributed by atoms with Gasteiger partial charge in [0.2, 0.25) is 5.95 Å². The summed E-state index contributed by atoms with van der Waals surface area (Å²) in [4.78, 5) is 10.8. The van der Waals surface area contributed by atoms with Crippen LogP contribution in [0, 0.1) is 6.92 Å². The fourth-order valence-corrected chi connectivity index (χ4v) is 1.64. The van der Waals surface area contributed by atoms with Crippen molar-refractivity contribution >= 4 is 11.6 Å². The Morgan fingerprint density at radius 2 is 2.12 bits per heavy atom. The van der Waals surface area contributed by atoms with Gasteiger partial charge in [0.1, 0.15) is 5.82 Å². The molecule has 16 heavy (non-hydrogen) atoms. The van der Waals surface area contributed by atoms with Crippen molar-refractivity contribution in [3.05, 3.63) is 17.6 Å². The standard InChI is InChI=1S/C10H16N6/c1-7-13-9-8(6-15(3)4)5-12-16(9)10(11-2)14-7/h5H,6H2,1-4H3,(H,11,13,14). The van der Waals surface area contributed by atoms with E-state index in [1.54, 1.807) is 4.52 Å². The second-order valence-electron chi connectivity index (χ2n) is 3.99. The van der Waals surface area contributed by atoms with E-state index in [0.717, 1.165) is 23.6 Å². The molecule has 2 rings (SSSR count). The van der Waals surface area contributed by atoms with Crippen LogP contribution in [0.25, 0.3) is 5.65 Å². The van der Waals surface area contributed by atoms with Crippen LogP contribution in [0.2, 0.25) is 0 Å². The first-order chi connectivity index (χ1) is 7.61. The predicted molar refractivity (Wildman–Crippen MR) is 62.5 cm³/mol. The van der Waals surface area contributed by atoms with Crippen molar-refractivity contribution in [3.63, 3.8) is 0 Å². The lowest BCUT2D eigenvalue weighted by Gasteiger charge is -2.08. The number of hydrogen-bond donors (Lipinski definition) is 1. The molecule has 0 aliphatic carbocycles. The molecule has 6 nitrogen and oxygen atoms in total. The molecule has 0 amide bonds. The van der Waals surface area contributed by atoms with E-state index in [4.69, 9.17) is 0 Å². The number of rotatable bonds is 3. The van der Waals surface area contributed by atoms with Crippen molar-refractivity contribution in [2.24, 2.45) is 0 Å². The van der Waals surface area contributed by atoms with E-state index in [1.165, 1.54) is 0 Å². The van der Waals surface area contributed by atoms with Crippen molar-refractivity contribution < 1.29 is 0 Å². The molecule has 86 valence electrons. The van der Waals surface area contributed by atoms with Crippen LogP contribution in [0.15, 0.2) is 6.20 Å². The highest BCUT2D eigenvalue weighted by atomic mass is 15.3. The van der Waals surface area contributed by atoms with Gasteiger partial charge in [-0.1, -0.05) is 0 Å². The highest BCUT2D eigenvalue weighted by Crippen LogP contribution is 2.13. The maximum atomic E-state index is 4.42. The first-order valence-corrected chi connectivity index (χ1v) is 5.15. The Labute approximate surface area is 94.3 Å². The topological polar surface area (TPSA) is 58.4 Å². The zero-order valence-corrected chi connectivity index (χ0v) is 10.0. The summed E-state index contributed by atoms with van der Waals surface area (Å²) < 4.78 is 1.73. The van der Waals surface area contributed by atoms with Gasteiger partial charge in [0.25, 0.3) is 0 Å². The monoisotopic (exact) mass is 220 g/mol. The van der Waals surface area contributed by atoms with Crippen LogP contribution in [0.3, 0.4) is 0 Å². The molecule has 1 N–H and O–H groups in total. The van der Waals surface area contributed by atoms with Crippen molar-refractivity contribution in [1.29, 1.82) is 0 Å². The van der Waals surface area contributed by atoms with Gasteiger partial charge in [-0.15, -0.1) is 0 Å². The van der Waals surface area contributed by atoms with Gasteiger partial charge in [-0.2, -0.15) is 14.6 Å². The van der Waals surface area contributed by atoms with E-state index in [9.17, 15) is 0 Å². The molecule has 0 atom stereocenters. The highest BCUT2D eigenvalue weighted by molar-refractivity contribution is 5.50. The Hall–Kier alpha value is -1.69. The molecule has 0 fully saturated rings. The van der Waals surface area contributed by atoms with Crippen LogP contribution in [0.5, 0.6) is 0 Å². The second-order valence-corrected chi connectivity index (χ2v) is 3.99. The summed E-state index contributed by atoms with van der Waals surface area (Å²) in [5, 5.41) is 7.30. The number of nitrogens with zero attached hydrogens (tertiary/aromatic N) is 5. The number of anilines is 1. The average Bonchev–Trinajstić information content (AvgIpc) is 2.59. The molecule has 0 radical (unpaired) electrons. The molecule has 0 aliphatic rings. The van der Waals surface area contributed by atoms with Crippen molar-refractivity contribution in [3.8, 4) is 0 Å². The summed E-state index contributed by atoms with van der Waals surface area (Å²) in [5.74, 6) is 1.46. The van der Waals surface area contributed by atoms with Crippen LogP contribution in [0.4, 0.5) is 5.95 Å². The van der Waals surface area contributed by atoms with E-state index in [-0.39, 0.29) is 0 Å². The normalized spacial score (nSPS) is 11.3. The molecule has 0 aliphatic heterocycles. The van der Waals surface area contributed by atoms with Crippen molar-refractivity contribution in [2.75, 3.05) is 26.5 Å². The van der Waals surface area contributed by atoms with E-state index in [0.29, 0.717) is 5.95 Å². The van der Waals surface area contributed by atoms with Gasteiger partial charge in [-0.25, -0.2) is 4.98 Å². The fraction of sp³-hybridized carbons (Fsp3) is 0.500. The van der Waals surface area contributed by atoms with Gasteiger partial charge in [0.15, 0.2) is 5.65 Å². The van der Waals surface area contributed by atoms with Crippen molar-refractivity contribution in [2.45, 2.75) is 13.5 Å². The van der Waals surface area contributed by atoms with Crippen molar-refractivity contribution in [1.82, 2.24) is 24.5 Å². The second kappa shape index (κ2) is 4.05. The first kappa shape index (κ1) is 10.8. The lowest BCUT2D eigenvalue weighted by atomic mass is 10.3. The number of fused-ring (bicyclic) bond motifs is 1. The van der Waals surface area contributed by atoms with E-state index in [2.05, 4.69) is 25.3 Å². The summed E-state index contributed by atoms with van der Waals surface area (Å²) in [5.41, 5.74) is 1.97. The van der Waals surface area contributed by atoms with Gasteiger partial charge in [0.05, 0.1) is 6.20 Å². The number of nitrogens with one attached hydrogen (secondary N) is 1. The minimum atomic E-state index is 0.715. The Bertz CT molecular complexity index is 501. The minimum Gasteiger partial charge on any atom is -0.357 e. The molecule has 2 aromatic heterocycles. The maximum absolute atomic E-state index is 4.42. The van der Waals surface area contributed by atoms with E-state index in [1.807, 2.05) is 34.3 Å². The molecule has 6 heteroatoms. The molecular formula is C10H16N6. The SMILES string of the molecule is CNc1nc(C)nc2c(CN(C)C)cnn12. The largest absolute Gasteiger partial charge is 0.357 e. The summed E-state index contributed by atoms with van der Waals surface area (Å²) in [6, 6.07) is 0. The lowest BCUT2D eigenvalue weighted by Crippen LogP contribution is -2.11. The number of hydrogen-bond acceptors (Lipinski definition) is 5. The average molecular weight is 220 g/mol. The van der Waals surface area contributed by atoms with Gasteiger partial charge in [-0.05, 0) is 21.0 Å². The zero-order chi connectivity index (χ0) is 11.7. The summed E-state index contributed by atoms with van der Waals surface area (Å²) in [6.07, 6.45) is 1.84. The number of aryl methyl sites for hydroxylation is 1. The minimum absolute atomic E-state index is 0.715. The molecule has 0 unspecified atom stereocenters. The summed E-state index contributed by atoms with van der Waals surface area (Å²) in [6.45, 7) is 2.70. The summed E-state index contributed by atoms with van der Waals surface area (Å²) >= 11 is 0. The fourth-order valence-electron chi connectivity index (χ4n) is 1.64. The van der Waals surface area contributed by atoms with Crippen LogP contribution in [-0.4, -0.2) is 45.6 Å².